The lowest BCUT2D eigenvalue weighted by molar-refractivity contribution is 0.200. The zero-order valence-corrected chi connectivity index (χ0v) is 18.4. The molecule has 27 heavy (non-hydrogen) atoms. The molecule has 0 aromatic heterocycles. The first-order valence-corrected chi connectivity index (χ1v) is 11.0. The van der Waals surface area contributed by atoms with Gasteiger partial charge < -0.3 is 0 Å². The minimum atomic E-state index is 0.0662. The second kappa shape index (κ2) is 6.23. The zero-order valence-electron chi connectivity index (χ0n) is 18.4. The molecule has 0 saturated heterocycles. The van der Waals surface area contributed by atoms with E-state index in [1.54, 1.807) is 27.8 Å². The fraction of sp³-hybridized carbons (Fsp3) is 0.556. The number of fused-ring (bicyclic) bond motifs is 2. The Morgan fingerprint density at radius 2 is 1.48 bits per heavy atom. The van der Waals surface area contributed by atoms with Gasteiger partial charge in [0.1, 0.15) is 0 Å². The maximum absolute atomic E-state index is 2.62. The first-order valence-electron chi connectivity index (χ1n) is 11.0. The van der Waals surface area contributed by atoms with Crippen molar-refractivity contribution in [2.75, 3.05) is 0 Å². The number of aryl methyl sites for hydroxylation is 2. The monoisotopic (exact) mass is 360 g/mol. The highest BCUT2D eigenvalue weighted by atomic mass is 14.6. The lowest BCUT2D eigenvalue weighted by Crippen LogP contribution is -2.47. The van der Waals surface area contributed by atoms with Gasteiger partial charge in [-0.1, -0.05) is 62.6 Å². The van der Waals surface area contributed by atoms with Gasteiger partial charge in [0.05, 0.1) is 0 Å². The highest BCUT2D eigenvalue weighted by molar-refractivity contribution is 5.71. The molecule has 0 nitrogen and oxygen atoms in total. The summed E-state index contributed by atoms with van der Waals surface area (Å²) in [6.07, 6.45) is 11.5. The normalized spacial score (nSPS) is 27.2. The van der Waals surface area contributed by atoms with Crippen LogP contribution in [0.1, 0.15) is 90.0 Å². The summed E-state index contributed by atoms with van der Waals surface area (Å²) in [6.45, 7) is 16.8. The van der Waals surface area contributed by atoms with E-state index in [1.165, 1.54) is 48.8 Å². The zero-order chi connectivity index (χ0) is 19.6. The summed E-state index contributed by atoms with van der Waals surface area (Å²) >= 11 is 0. The van der Waals surface area contributed by atoms with Crippen molar-refractivity contribution in [3.05, 3.63) is 62.8 Å². The maximum Gasteiger partial charge on any atom is 0.0295 e. The van der Waals surface area contributed by atoms with Gasteiger partial charge in [0.15, 0.2) is 0 Å². The van der Waals surface area contributed by atoms with Crippen LogP contribution >= 0.6 is 0 Å². The first-order chi connectivity index (χ1) is 12.8. The van der Waals surface area contributed by atoms with Crippen LogP contribution in [-0.4, -0.2) is 0 Å². The molecule has 0 heterocycles. The van der Waals surface area contributed by atoms with Crippen molar-refractivity contribution >= 4 is 6.08 Å². The van der Waals surface area contributed by atoms with E-state index in [0.29, 0.717) is 5.92 Å². The molecule has 3 aliphatic rings. The lowest BCUT2D eigenvalue weighted by atomic mass is 9.51. The highest BCUT2D eigenvalue weighted by Crippen LogP contribution is 2.64. The average Bonchev–Trinajstić information content (AvgIpc) is 3.13. The number of hydrogen-bond acceptors (Lipinski definition) is 0. The Kier molecular flexibility index (Phi) is 4.33. The van der Waals surface area contributed by atoms with Gasteiger partial charge >= 0.3 is 0 Å². The van der Waals surface area contributed by atoms with Crippen molar-refractivity contribution in [1.82, 2.24) is 0 Å². The molecule has 1 aromatic carbocycles. The number of rotatable bonds is 3. The average molecular weight is 361 g/mol. The van der Waals surface area contributed by atoms with Crippen LogP contribution in [0.15, 0.2) is 40.5 Å². The number of hydrogen-bond donors (Lipinski definition) is 0. The molecule has 2 atom stereocenters. The molecule has 0 amide bonds. The minimum absolute atomic E-state index is 0.0662. The predicted molar refractivity (Wildman–Crippen MR) is 118 cm³/mol. The summed E-state index contributed by atoms with van der Waals surface area (Å²) in [5.41, 5.74) is 12.6. The first kappa shape index (κ1) is 18.8. The van der Waals surface area contributed by atoms with Crippen LogP contribution in [0.3, 0.4) is 0 Å². The molecule has 0 bridgehead atoms. The third-order valence-corrected chi connectivity index (χ3v) is 8.89. The fourth-order valence-corrected chi connectivity index (χ4v) is 6.51. The lowest BCUT2D eigenvalue weighted by Gasteiger charge is -2.51. The van der Waals surface area contributed by atoms with Crippen molar-refractivity contribution in [2.24, 2.45) is 11.3 Å². The van der Waals surface area contributed by atoms with Crippen molar-refractivity contribution < 1.29 is 0 Å². The van der Waals surface area contributed by atoms with E-state index in [-0.39, 0.29) is 10.8 Å². The van der Waals surface area contributed by atoms with Crippen LogP contribution in [-0.2, 0) is 18.3 Å². The Morgan fingerprint density at radius 1 is 0.926 bits per heavy atom. The van der Waals surface area contributed by atoms with Crippen LogP contribution < -0.4 is 0 Å². The van der Waals surface area contributed by atoms with Crippen LogP contribution in [0.25, 0.3) is 6.08 Å². The van der Waals surface area contributed by atoms with E-state index in [2.05, 4.69) is 72.8 Å². The van der Waals surface area contributed by atoms with Crippen LogP contribution in [0, 0.1) is 11.3 Å². The van der Waals surface area contributed by atoms with Gasteiger partial charge in [-0.15, -0.1) is 0 Å². The van der Waals surface area contributed by atoms with Crippen molar-refractivity contribution in [1.29, 1.82) is 0 Å². The summed E-state index contributed by atoms with van der Waals surface area (Å²) in [5, 5.41) is 0. The van der Waals surface area contributed by atoms with E-state index in [9.17, 15) is 0 Å². The molecule has 2 unspecified atom stereocenters. The predicted octanol–water partition coefficient (Wildman–Crippen LogP) is 7.57. The molecular formula is C27H36. The summed E-state index contributed by atoms with van der Waals surface area (Å²) in [5.74, 6) is 0.602. The molecule has 1 aromatic rings. The van der Waals surface area contributed by atoms with Crippen molar-refractivity contribution in [3.63, 3.8) is 0 Å². The molecule has 4 rings (SSSR count). The summed E-state index contributed by atoms with van der Waals surface area (Å²) in [6, 6.07) is 5.14. The second-order valence-electron chi connectivity index (χ2n) is 9.55. The standard InChI is InChI=1S/C27H36/c1-8-17(2)27(26(7)20(5)18(3)19(4)21(26)6)14-13-24-15-22-11-9-10-12-23(22)16-25(24)27/h13-17H,8-12H2,1-7H3. The molecule has 0 aliphatic heterocycles. The van der Waals surface area contributed by atoms with Gasteiger partial charge in [0, 0.05) is 10.8 Å². The van der Waals surface area contributed by atoms with E-state index in [4.69, 9.17) is 0 Å². The summed E-state index contributed by atoms with van der Waals surface area (Å²) in [4.78, 5) is 0. The van der Waals surface area contributed by atoms with Crippen LogP contribution in [0.2, 0.25) is 0 Å². The van der Waals surface area contributed by atoms with Gasteiger partial charge in [0.2, 0.25) is 0 Å². The molecule has 0 heteroatoms. The third-order valence-electron chi connectivity index (χ3n) is 8.89. The van der Waals surface area contributed by atoms with Crippen molar-refractivity contribution in [3.8, 4) is 0 Å². The summed E-state index contributed by atoms with van der Waals surface area (Å²) < 4.78 is 0. The van der Waals surface area contributed by atoms with Gasteiger partial charge in [-0.25, -0.2) is 0 Å². The molecule has 0 spiro atoms. The molecular weight excluding hydrogens is 324 g/mol. The topological polar surface area (TPSA) is 0 Å². The molecule has 0 saturated carbocycles. The molecule has 0 radical (unpaired) electrons. The van der Waals surface area contributed by atoms with Crippen LogP contribution in [0.5, 0.6) is 0 Å². The van der Waals surface area contributed by atoms with E-state index < -0.39 is 0 Å². The number of benzene rings is 1. The van der Waals surface area contributed by atoms with E-state index >= 15 is 0 Å². The molecule has 0 fully saturated rings. The Bertz CT molecular complexity index is 865. The minimum Gasteiger partial charge on any atom is -0.0719 e. The number of allylic oxidation sites excluding steroid dienone is 5. The Balaban J connectivity index is 2.01. The molecule has 0 N–H and O–H groups in total. The quantitative estimate of drug-likeness (QED) is 0.521. The summed E-state index contributed by atoms with van der Waals surface area (Å²) in [7, 11) is 0. The smallest absolute Gasteiger partial charge is 0.0295 e. The Hall–Kier alpha value is -1.56. The Morgan fingerprint density at radius 3 is 2.04 bits per heavy atom. The van der Waals surface area contributed by atoms with E-state index in [1.807, 2.05) is 0 Å². The van der Waals surface area contributed by atoms with Crippen LogP contribution in [0.4, 0.5) is 0 Å². The van der Waals surface area contributed by atoms with Gasteiger partial charge in [-0.3, -0.25) is 0 Å². The highest BCUT2D eigenvalue weighted by Gasteiger charge is 2.57. The molecule has 144 valence electrons. The Labute approximate surface area is 166 Å². The second-order valence-corrected chi connectivity index (χ2v) is 9.55. The molecule has 3 aliphatic carbocycles. The van der Waals surface area contributed by atoms with E-state index in [0.717, 1.165) is 0 Å². The van der Waals surface area contributed by atoms with Gasteiger partial charge in [-0.05, 0) is 92.7 Å². The fourth-order valence-electron chi connectivity index (χ4n) is 6.51. The largest absolute Gasteiger partial charge is 0.0719 e. The maximum atomic E-state index is 2.62. The van der Waals surface area contributed by atoms with Crippen molar-refractivity contribution in [2.45, 2.75) is 86.0 Å². The SMILES string of the molecule is CCC(C)C1(C2(C)C(C)=C(C)C(C)=C2C)C=Cc2cc3c(cc21)CCCC3. The van der Waals surface area contributed by atoms with Gasteiger partial charge in [-0.2, -0.15) is 0 Å². The third kappa shape index (κ3) is 2.22. The van der Waals surface area contributed by atoms with Gasteiger partial charge in [0.25, 0.3) is 0 Å².